The largest absolute Gasteiger partial charge is 0.481 e. The van der Waals surface area contributed by atoms with Crippen LogP contribution in [0.5, 0.6) is 11.5 Å². The number of nitrogens with one attached hydrogen (secondary N) is 1. The van der Waals surface area contributed by atoms with Gasteiger partial charge in [-0.15, -0.1) is 0 Å². The maximum atomic E-state index is 12.4. The Balaban J connectivity index is 1.67. The predicted molar refractivity (Wildman–Crippen MR) is 88.6 cm³/mol. The molecule has 0 aliphatic carbocycles. The lowest BCUT2D eigenvalue weighted by Crippen LogP contribution is -2.50. The van der Waals surface area contributed by atoms with Gasteiger partial charge in [0.25, 0.3) is 5.91 Å². The number of carboxylic acid groups (broad SMARTS) is 1. The summed E-state index contributed by atoms with van der Waals surface area (Å²) in [5.41, 5.74) is -0.427. The molecule has 1 fully saturated rings. The molecule has 1 amide bonds. The van der Waals surface area contributed by atoms with Crippen LogP contribution in [0.1, 0.15) is 23.2 Å². The summed E-state index contributed by atoms with van der Waals surface area (Å²) in [6.45, 7) is 0.638. The average molecular weight is 342 g/mol. The molecule has 1 saturated heterocycles. The highest BCUT2D eigenvalue weighted by atomic mass is 16.5. The maximum Gasteiger partial charge on any atom is 0.305 e. The van der Waals surface area contributed by atoms with Crippen molar-refractivity contribution in [2.45, 2.75) is 18.4 Å². The lowest BCUT2D eigenvalue weighted by molar-refractivity contribution is -0.138. The van der Waals surface area contributed by atoms with Crippen molar-refractivity contribution >= 4 is 11.9 Å². The zero-order valence-corrected chi connectivity index (χ0v) is 13.5. The fourth-order valence-electron chi connectivity index (χ4n) is 2.71. The minimum absolute atomic E-state index is 0.166. The molecular weight excluding hydrogens is 324 g/mol. The van der Waals surface area contributed by atoms with Gasteiger partial charge in [-0.3, -0.25) is 14.6 Å². The number of aliphatic carboxylic acids is 1. The number of carbonyl (C=O) groups excluding carboxylic acids is 1. The molecule has 2 heterocycles. The van der Waals surface area contributed by atoms with Gasteiger partial charge in [0.2, 0.25) is 0 Å². The minimum Gasteiger partial charge on any atom is -0.481 e. The van der Waals surface area contributed by atoms with Crippen LogP contribution in [0.2, 0.25) is 0 Å². The number of amides is 1. The normalized spacial score (nSPS) is 19.4. The Morgan fingerprint density at radius 2 is 2.04 bits per heavy atom. The first kappa shape index (κ1) is 16.9. The van der Waals surface area contributed by atoms with Gasteiger partial charge < -0.3 is 19.9 Å². The first-order chi connectivity index (χ1) is 12.1. The summed E-state index contributed by atoms with van der Waals surface area (Å²) in [5.74, 6) is -0.122. The van der Waals surface area contributed by atoms with E-state index in [1.165, 1.54) is 0 Å². The maximum absolute atomic E-state index is 12.4. The van der Waals surface area contributed by atoms with Crippen molar-refractivity contribution in [3.8, 4) is 11.5 Å². The summed E-state index contributed by atoms with van der Waals surface area (Å²) >= 11 is 0. The Hall–Kier alpha value is -2.93. The fraction of sp³-hybridized carbons (Fsp3) is 0.278. The number of aromatic nitrogens is 1. The van der Waals surface area contributed by atoms with Crippen LogP contribution in [0.15, 0.2) is 48.8 Å². The van der Waals surface area contributed by atoms with Crippen molar-refractivity contribution in [1.82, 2.24) is 10.3 Å². The number of rotatable bonds is 6. The molecule has 0 saturated carbocycles. The van der Waals surface area contributed by atoms with Crippen LogP contribution in [-0.2, 0) is 9.53 Å². The lowest BCUT2D eigenvalue weighted by Gasteiger charge is -2.27. The molecule has 0 spiro atoms. The third-order valence-electron chi connectivity index (χ3n) is 3.96. The molecular formula is C18H18N2O5. The van der Waals surface area contributed by atoms with E-state index in [9.17, 15) is 9.59 Å². The van der Waals surface area contributed by atoms with Gasteiger partial charge in [-0.05, 0) is 42.8 Å². The molecule has 0 radical (unpaired) electrons. The second kappa shape index (κ2) is 7.31. The molecule has 2 N–H and O–H groups in total. The smallest absolute Gasteiger partial charge is 0.305 e. The second-order valence-corrected chi connectivity index (χ2v) is 5.92. The van der Waals surface area contributed by atoms with Gasteiger partial charge in [0, 0.05) is 18.4 Å². The number of hydrogen-bond donors (Lipinski definition) is 2. The topological polar surface area (TPSA) is 97.8 Å². The zero-order valence-electron chi connectivity index (χ0n) is 13.5. The Labute approximate surface area is 144 Å². The van der Waals surface area contributed by atoms with E-state index < -0.39 is 11.5 Å². The quantitative estimate of drug-likeness (QED) is 0.835. The first-order valence-electron chi connectivity index (χ1n) is 7.86. The van der Waals surface area contributed by atoms with Gasteiger partial charge in [-0.1, -0.05) is 0 Å². The Bertz CT molecular complexity index is 740. The highest BCUT2D eigenvalue weighted by molar-refractivity contribution is 5.95. The SMILES string of the molecule is O=C(O)CC1(NC(=O)c2ccc(Oc3cccnc3)cc2)CCOC1. The van der Waals surface area contributed by atoms with E-state index in [0.717, 1.165) is 0 Å². The zero-order chi connectivity index (χ0) is 17.7. The van der Waals surface area contributed by atoms with Crippen molar-refractivity contribution in [1.29, 1.82) is 0 Å². The monoisotopic (exact) mass is 342 g/mol. The molecule has 130 valence electrons. The number of carbonyl (C=O) groups is 2. The van der Waals surface area contributed by atoms with Gasteiger partial charge in [-0.2, -0.15) is 0 Å². The number of pyridine rings is 1. The summed E-state index contributed by atoms with van der Waals surface area (Å²) in [7, 11) is 0. The van der Waals surface area contributed by atoms with Crippen LogP contribution >= 0.6 is 0 Å². The van der Waals surface area contributed by atoms with Crippen molar-refractivity contribution < 1.29 is 24.2 Å². The van der Waals surface area contributed by atoms with Gasteiger partial charge in [0.15, 0.2) is 0 Å². The molecule has 0 bridgehead atoms. The first-order valence-corrected chi connectivity index (χ1v) is 7.86. The van der Waals surface area contributed by atoms with Gasteiger partial charge in [-0.25, -0.2) is 0 Å². The molecule has 7 heteroatoms. The molecule has 25 heavy (non-hydrogen) atoms. The van der Waals surface area contributed by atoms with Crippen molar-refractivity contribution in [2.24, 2.45) is 0 Å². The lowest BCUT2D eigenvalue weighted by atomic mass is 9.93. The van der Waals surface area contributed by atoms with E-state index >= 15 is 0 Å². The van der Waals surface area contributed by atoms with Crippen LogP contribution in [0.4, 0.5) is 0 Å². The van der Waals surface area contributed by atoms with E-state index in [2.05, 4.69) is 10.3 Å². The van der Waals surface area contributed by atoms with Gasteiger partial charge in [0.1, 0.15) is 11.5 Å². The van der Waals surface area contributed by atoms with Crippen LogP contribution in [0, 0.1) is 0 Å². The number of carboxylic acids is 1. The third kappa shape index (κ3) is 4.33. The van der Waals surface area contributed by atoms with Crippen molar-refractivity contribution in [3.63, 3.8) is 0 Å². The molecule has 7 nitrogen and oxygen atoms in total. The third-order valence-corrected chi connectivity index (χ3v) is 3.96. The van der Waals surface area contributed by atoms with E-state index in [1.54, 1.807) is 48.8 Å². The summed E-state index contributed by atoms with van der Waals surface area (Å²) in [6, 6.07) is 10.2. The van der Waals surface area contributed by atoms with Crippen molar-refractivity contribution in [2.75, 3.05) is 13.2 Å². The summed E-state index contributed by atoms with van der Waals surface area (Å²) in [5, 5.41) is 11.9. The van der Waals surface area contributed by atoms with Crippen LogP contribution in [-0.4, -0.2) is 40.7 Å². The standard InChI is InChI=1S/C18H18N2O5/c21-16(22)10-18(7-9-24-12-18)20-17(23)13-3-5-14(6-4-13)25-15-2-1-8-19-11-15/h1-6,8,11H,7,9-10,12H2,(H,20,23)(H,21,22). The Kier molecular flexibility index (Phi) is 4.95. The van der Waals surface area contributed by atoms with Crippen LogP contribution in [0.3, 0.4) is 0 Å². The number of nitrogens with zero attached hydrogens (tertiary/aromatic N) is 1. The highest BCUT2D eigenvalue weighted by Crippen LogP contribution is 2.24. The summed E-state index contributed by atoms with van der Waals surface area (Å²) in [6.07, 6.45) is 3.56. The highest BCUT2D eigenvalue weighted by Gasteiger charge is 2.38. The second-order valence-electron chi connectivity index (χ2n) is 5.92. The fourth-order valence-corrected chi connectivity index (χ4v) is 2.71. The molecule has 1 atom stereocenters. The molecule has 1 aliphatic rings. The molecule has 1 aliphatic heterocycles. The van der Waals surface area contributed by atoms with E-state index in [-0.39, 0.29) is 18.9 Å². The number of hydrogen-bond acceptors (Lipinski definition) is 5. The van der Waals surface area contributed by atoms with Gasteiger partial charge >= 0.3 is 5.97 Å². The molecule has 1 unspecified atom stereocenters. The van der Waals surface area contributed by atoms with E-state index in [0.29, 0.717) is 30.1 Å². The molecule has 1 aromatic carbocycles. The van der Waals surface area contributed by atoms with Crippen LogP contribution in [0.25, 0.3) is 0 Å². The number of ether oxygens (including phenoxy) is 2. The van der Waals surface area contributed by atoms with Crippen molar-refractivity contribution in [3.05, 3.63) is 54.4 Å². The predicted octanol–water partition coefficient (Wildman–Crippen LogP) is 2.24. The number of benzene rings is 1. The van der Waals surface area contributed by atoms with Crippen LogP contribution < -0.4 is 10.1 Å². The molecule has 3 rings (SSSR count). The summed E-state index contributed by atoms with van der Waals surface area (Å²) in [4.78, 5) is 27.5. The van der Waals surface area contributed by atoms with Gasteiger partial charge in [0.05, 0.1) is 24.8 Å². The Morgan fingerprint density at radius 1 is 1.24 bits per heavy atom. The molecule has 2 aromatic rings. The van der Waals surface area contributed by atoms with E-state index in [1.807, 2.05) is 0 Å². The average Bonchev–Trinajstić information content (AvgIpc) is 3.03. The van der Waals surface area contributed by atoms with E-state index in [4.69, 9.17) is 14.6 Å². The minimum atomic E-state index is -0.967. The molecule has 1 aromatic heterocycles. The summed E-state index contributed by atoms with van der Waals surface area (Å²) < 4.78 is 10.9. The Morgan fingerprint density at radius 3 is 2.64 bits per heavy atom.